The number of hydrogen-bond donors (Lipinski definition) is 1. The van der Waals surface area contributed by atoms with Crippen molar-refractivity contribution >= 4 is 55.9 Å². The fourth-order valence-corrected chi connectivity index (χ4v) is 6.00. The zero-order chi connectivity index (χ0) is 24.9. The van der Waals surface area contributed by atoms with Crippen molar-refractivity contribution in [1.29, 1.82) is 0 Å². The maximum atomic E-state index is 12.8. The Labute approximate surface area is 220 Å². The van der Waals surface area contributed by atoms with E-state index in [-0.39, 0.29) is 30.3 Å². The average molecular weight is 580 g/mol. The van der Waals surface area contributed by atoms with Crippen LogP contribution in [-0.2, 0) is 36.0 Å². The Bertz CT molecular complexity index is 1210. The monoisotopic (exact) mass is 578 g/mol. The number of carbonyl (C=O) groups is 2. The lowest BCUT2D eigenvalue weighted by molar-refractivity contribution is -0.113. The molecule has 3 aromatic rings. The van der Waals surface area contributed by atoms with E-state index in [1.54, 1.807) is 0 Å². The van der Waals surface area contributed by atoms with Crippen molar-refractivity contribution in [3.8, 4) is 5.75 Å². The second-order valence-corrected chi connectivity index (χ2v) is 11.4. The number of benzene rings is 1. The minimum atomic E-state index is -0.369. The van der Waals surface area contributed by atoms with Crippen LogP contribution in [0.1, 0.15) is 53.3 Å². The molecule has 8 nitrogen and oxygen atoms in total. The topological polar surface area (TPSA) is 95.3 Å². The molecule has 0 aliphatic heterocycles. The predicted octanol–water partition coefficient (Wildman–Crippen LogP) is 5.39. The molecule has 11 heteroatoms. The Kier molecular flexibility index (Phi) is 8.51. The summed E-state index contributed by atoms with van der Waals surface area (Å²) in [5.74, 6) is 0.949. The van der Waals surface area contributed by atoms with Crippen molar-refractivity contribution < 1.29 is 19.1 Å². The number of nitrogens with zero attached hydrogens (tertiary/aromatic N) is 3. The van der Waals surface area contributed by atoms with Gasteiger partial charge in [0.05, 0.1) is 17.4 Å². The van der Waals surface area contributed by atoms with E-state index in [9.17, 15) is 9.59 Å². The van der Waals surface area contributed by atoms with Gasteiger partial charge in [0.15, 0.2) is 11.0 Å². The molecule has 35 heavy (non-hydrogen) atoms. The number of thioether (sulfide) groups is 1. The highest BCUT2D eigenvalue weighted by Gasteiger charge is 2.28. The summed E-state index contributed by atoms with van der Waals surface area (Å²) in [4.78, 5) is 26.7. The molecule has 1 amide bonds. The maximum Gasteiger partial charge on any atom is 0.341 e. The van der Waals surface area contributed by atoms with Crippen LogP contribution >= 0.6 is 39.0 Å². The van der Waals surface area contributed by atoms with Gasteiger partial charge in [0.1, 0.15) is 17.4 Å². The number of hydrogen-bond acceptors (Lipinski definition) is 8. The van der Waals surface area contributed by atoms with E-state index in [4.69, 9.17) is 9.47 Å². The third kappa shape index (κ3) is 6.45. The fourth-order valence-electron chi connectivity index (χ4n) is 3.71. The number of aromatic nitrogens is 3. The lowest BCUT2D eigenvalue weighted by Gasteiger charge is -2.14. The molecule has 0 saturated heterocycles. The quantitative estimate of drug-likeness (QED) is 0.268. The van der Waals surface area contributed by atoms with Crippen LogP contribution in [0.4, 0.5) is 5.00 Å². The van der Waals surface area contributed by atoms with E-state index in [2.05, 4.69) is 31.4 Å². The highest BCUT2D eigenvalue weighted by Crippen LogP contribution is 2.39. The van der Waals surface area contributed by atoms with E-state index in [0.717, 1.165) is 41.5 Å². The summed E-state index contributed by atoms with van der Waals surface area (Å²) in [5.41, 5.74) is 1.54. The molecule has 1 aliphatic carbocycles. The summed E-state index contributed by atoms with van der Waals surface area (Å²) in [7, 11) is 1.84. The maximum absolute atomic E-state index is 12.8. The summed E-state index contributed by atoms with van der Waals surface area (Å²) >= 11 is 6.17. The van der Waals surface area contributed by atoms with Crippen molar-refractivity contribution in [1.82, 2.24) is 14.8 Å². The number of anilines is 1. The number of esters is 1. The summed E-state index contributed by atoms with van der Waals surface area (Å²) in [5, 5.41) is 12.5. The predicted molar refractivity (Wildman–Crippen MR) is 140 cm³/mol. The normalized spacial score (nSPS) is 12.9. The Balaban J connectivity index is 1.38. The molecule has 4 rings (SSSR count). The molecule has 2 aromatic heterocycles. The van der Waals surface area contributed by atoms with E-state index in [0.29, 0.717) is 21.5 Å². The molecule has 0 unspecified atom stereocenters. The van der Waals surface area contributed by atoms with Gasteiger partial charge in [-0.25, -0.2) is 4.79 Å². The minimum Gasteiger partial charge on any atom is -0.486 e. The lowest BCUT2D eigenvalue weighted by atomic mass is 9.95. The SMILES string of the molecule is CC(C)OC(=O)c1c(NC(=O)CSc2nnc(COc3ccc(Br)cc3)n2C)sc2c1CCCC2. The Morgan fingerprint density at radius 2 is 1.94 bits per heavy atom. The van der Waals surface area contributed by atoms with Crippen LogP contribution in [0, 0.1) is 0 Å². The molecule has 0 fully saturated rings. The smallest absolute Gasteiger partial charge is 0.341 e. The zero-order valence-corrected chi connectivity index (χ0v) is 23.0. The van der Waals surface area contributed by atoms with Gasteiger partial charge in [-0.1, -0.05) is 27.7 Å². The standard InChI is InChI=1S/C24H27BrN4O4S2/c1-14(2)33-23(31)21-17-6-4-5-7-18(17)35-22(21)26-20(30)13-34-24-28-27-19(29(24)3)12-32-16-10-8-15(25)9-11-16/h8-11,14H,4-7,12-13H2,1-3H3,(H,26,30). The molecule has 186 valence electrons. The van der Waals surface area contributed by atoms with Gasteiger partial charge in [0, 0.05) is 16.4 Å². The first-order valence-corrected chi connectivity index (χ1v) is 14.0. The van der Waals surface area contributed by atoms with E-state index >= 15 is 0 Å². The third-order valence-electron chi connectivity index (χ3n) is 5.41. The van der Waals surface area contributed by atoms with Gasteiger partial charge in [-0.15, -0.1) is 21.5 Å². The summed E-state index contributed by atoms with van der Waals surface area (Å²) < 4.78 is 14.0. The first kappa shape index (κ1) is 25.7. The van der Waals surface area contributed by atoms with Crippen LogP contribution in [-0.4, -0.2) is 38.5 Å². The largest absolute Gasteiger partial charge is 0.486 e. The Morgan fingerprint density at radius 1 is 1.20 bits per heavy atom. The number of halogens is 1. The number of ether oxygens (including phenoxy) is 2. The first-order valence-electron chi connectivity index (χ1n) is 11.4. The number of nitrogens with one attached hydrogen (secondary N) is 1. The molecule has 0 bridgehead atoms. The van der Waals surface area contributed by atoms with Crippen molar-refractivity contribution in [2.45, 2.75) is 57.4 Å². The summed E-state index contributed by atoms with van der Waals surface area (Å²) in [6, 6.07) is 7.55. The Hall–Kier alpha value is -2.37. The van der Waals surface area contributed by atoms with Crippen LogP contribution in [0.3, 0.4) is 0 Å². The van der Waals surface area contributed by atoms with Crippen molar-refractivity contribution in [3.63, 3.8) is 0 Å². The third-order valence-corrected chi connectivity index (χ3v) is 8.17. The molecule has 1 N–H and O–H groups in total. The van der Waals surface area contributed by atoms with Crippen molar-refractivity contribution in [3.05, 3.63) is 50.6 Å². The number of aryl methyl sites for hydroxylation is 1. The van der Waals surface area contributed by atoms with E-state index < -0.39 is 0 Å². The second-order valence-electron chi connectivity index (χ2n) is 8.41. The minimum absolute atomic E-state index is 0.140. The molecular formula is C24H27BrN4O4S2. The zero-order valence-electron chi connectivity index (χ0n) is 19.8. The molecule has 2 heterocycles. The van der Waals surface area contributed by atoms with E-state index in [1.807, 2.05) is 49.7 Å². The van der Waals surface area contributed by atoms with E-state index in [1.165, 1.54) is 28.0 Å². The molecule has 0 saturated carbocycles. The van der Waals surface area contributed by atoms with Gasteiger partial charge in [-0.3, -0.25) is 4.79 Å². The number of carbonyl (C=O) groups excluding carboxylic acids is 2. The fraction of sp³-hybridized carbons (Fsp3) is 0.417. The van der Waals surface area contributed by atoms with Gasteiger partial charge in [0.2, 0.25) is 5.91 Å². The van der Waals surface area contributed by atoms with Gasteiger partial charge in [-0.05, 0) is 69.4 Å². The molecular weight excluding hydrogens is 552 g/mol. The highest BCUT2D eigenvalue weighted by molar-refractivity contribution is 9.10. The molecule has 0 spiro atoms. The van der Waals surface area contributed by atoms with Crippen molar-refractivity contribution in [2.24, 2.45) is 7.05 Å². The van der Waals surface area contributed by atoms with Crippen LogP contribution in [0.15, 0.2) is 33.9 Å². The lowest BCUT2D eigenvalue weighted by Crippen LogP contribution is -2.19. The Morgan fingerprint density at radius 3 is 2.69 bits per heavy atom. The number of amides is 1. The average Bonchev–Trinajstić information content (AvgIpc) is 3.36. The summed E-state index contributed by atoms with van der Waals surface area (Å²) in [6.45, 7) is 3.91. The van der Waals surface area contributed by atoms with Crippen LogP contribution in [0.2, 0.25) is 0 Å². The van der Waals surface area contributed by atoms with Gasteiger partial charge >= 0.3 is 5.97 Å². The van der Waals surface area contributed by atoms with Gasteiger partial charge < -0.3 is 19.4 Å². The van der Waals surface area contributed by atoms with Gasteiger partial charge in [-0.2, -0.15) is 0 Å². The van der Waals surface area contributed by atoms with Crippen molar-refractivity contribution in [2.75, 3.05) is 11.1 Å². The number of thiophene rings is 1. The first-order chi connectivity index (χ1) is 16.8. The summed E-state index contributed by atoms with van der Waals surface area (Å²) in [6.07, 6.45) is 3.67. The molecule has 1 aromatic carbocycles. The number of fused-ring (bicyclic) bond motifs is 1. The molecule has 1 aliphatic rings. The van der Waals surface area contributed by atoms with Gasteiger partial charge in [0.25, 0.3) is 0 Å². The van der Waals surface area contributed by atoms with Crippen LogP contribution in [0.5, 0.6) is 5.75 Å². The van der Waals surface area contributed by atoms with Crippen LogP contribution < -0.4 is 10.1 Å². The molecule has 0 radical (unpaired) electrons. The molecule has 0 atom stereocenters. The highest BCUT2D eigenvalue weighted by atomic mass is 79.9. The number of rotatable bonds is 9. The second kappa shape index (κ2) is 11.6. The van der Waals surface area contributed by atoms with Crippen LogP contribution in [0.25, 0.3) is 0 Å².